The number of aromatic amines is 1. The third kappa shape index (κ3) is 3.31. The molecule has 0 radical (unpaired) electrons. The van der Waals surface area contributed by atoms with Gasteiger partial charge < -0.3 is 14.8 Å². The van der Waals surface area contributed by atoms with Gasteiger partial charge in [0.15, 0.2) is 0 Å². The number of amides is 2. The van der Waals surface area contributed by atoms with Crippen molar-refractivity contribution in [2.24, 2.45) is 0 Å². The second-order valence-electron chi connectivity index (χ2n) is 7.55. The number of rotatable bonds is 3. The zero-order chi connectivity index (χ0) is 19.8. The van der Waals surface area contributed by atoms with E-state index in [1.165, 1.54) is 0 Å². The highest BCUT2D eigenvalue weighted by Crippen LogP contribution is 2.25. The first kappa shape index (κ1) is 17.7. The van der Waals surface area contributed by atoms with E-state index in [1.54, 1.807) is 4.90 Å². The Kier molecular flexibility index (Phi) is 4.39. The number of anilines is 1. The molecule has 1 fully saturated rings. The molecule has 0 atom stereocenters. The van der Waals surface area contributed by atoms with Gasteiger partial charge in [0.05, 0.1) is 17.9 Å². The van der Waals surface area contributed by atoms with Crippen LogP contribution in [0.5, 0.6) is 0 Å². The lowest BCUT2D eigenvalue weighted by atomic mass is 10.1. The number of hydrogen-bond donors (Lipinski definition) is 1. The van der Waals surface area contributed by atoms with Crippen LogP contribution in [0.25, 0.3) is 11.4 Å². The molecule has 0 saturated carbocycles. The van der Waals surface area contributed by atoms with Crippen LogP contribution in [0.2, 0.25) is 0 Å². The lowest BCUT2D eigenvalue weighted by Gasteiger charge is -2.26. The van der Waals surface area contributed by atoms with Crippen molar-refractivity contribution < 1.29 is 9.59 Å². The molecule has 0 aliphatic carbocycles. The van der Waals surface area contributed by atoms with Crippen LogP contribution >= 0.6 is 0 Å². The van der Waals surface area contributed by atoms with Gasteiger partial charge in [-0.2, -0.15) is 0 Å². The van der Waals surface area contributed by atoms with Crippen LogP contribution in [-0.4, -0.2) is 39.8 Å². The molecule has 5 rings (SSSR count). The van der Waals surface area contributed by atoms with Crippen molar-refractivity contribution in [3.63, 3.8) is 0 Å². The van der Waals surface area contributed by atoms with Gasteiger partial charge in [-0.1, -0.05) is 30.3 Å². The summed E-state index contributed by atoms with van der Waals surface area (Å²) in [5.74, 6) is 1.01. The average molecular weight is 386 g/mol. The molecule has 146 valence electrons. The minimum atomic E-state index is 0.00538. The van der Waals surface area contributed by atoms with Crippen molar-refractivity contribution in [3.05, 3.63) is 71.5 Å². The molecule has 6 nitrogen and oxygen atoms in total. The van der Waals surface area contributed by atoms with Gasteiger partial charge >= 0.3 is 0 Å². The quantitative estimate of drug-likeness (QED) is 0.750. The molecule has 0 unspecified atom stereocenters. The van der Waals surface area contributed by atoms with Crippen molar-refractivity contribution in [2.45, 2.75) is 25.8 Å². The molecule has 2 aliphatic heterocycles. The van der Waals surface area contributed by atoms with Crippen molar-refractivity contribution in [2.75, 3.05) is 18.0 Å². The molecule has 3 aromatic rings. The molecule has 3 heterocycles. The fourth-order valence-corrected chi connectivity index (χ4v) is 4.09. The lowest BCUT2D eigenvalue weighted by molar-refractivity contribution is -0.117. The number of benzene rings is 2. The van der Waals surface area contributed by atoms with Gasteiger partial charge in [0.2, 0.25) is 5.91 Å². The van der Waals surface area contributed by atoms with E-state index in [0.29, 0.717) is 25.1 Å². The highest BCUT2D eigenvalue weighted by molar-refractivity contribution is 5.97. The van der Waals surface area contributed by atoms with Crippen LogP contribution < -0.4 is 4.90 Å². The van der Waals surface area contributed by atoms with Gasteiger partial charge in [0.1, 0.15) is 5.82 Å². The summed E-state index contributed by atoms with van der Waals surface area (Å²) in [4.78, 5) is 36.6. The number of carbonyl (C=O) groups is 2. The molecular formula is C23H22N4O2. The normalized spacial score (nSPS) is 16.2. The second kappa shape index (κ2) is 7.20. The van der Waals surface area contributed by atoms with E-state index in [4.69, 9.17) is 4.98 Å². The van der Waals surface area contributed by atoms with E-state index in [2.05, 4.69) is 4.98 Å². The highest BCUT2D eigenvalue weighted by atomic mass is 16.2. The van der Waals surface area contributed by atoms with Gasteiger partial charge in [-0.25, -0.2) is 4.98 Å². The Morgan fingerprint density at radius 3 is 2.48 bits per heavy atom. The Labute approximate surface area is 169 Å². The van der Waals surface area contributed by atoms with Crippen LogP contribution in [-0.2, 0) is 17.8 Å². The van der Waals surface area contributed by atoms with E-state index in [0.717, 1.165) is 47.8 Å². The average Bonchev–Trinajstić information content (AvgIpc) is 3.39. The minimum absolute atomic E-state index is 0.00538. The van der Waals surface area contributed by atoms with Crippen molar-refractivity contribution in [3.8, 4) is 11.4 Å². The molecular weight excluding hydrogens is 364 g/mol. The first-order valence-electron chi connectivity index (χ1n) is 10.0. The number of nitrogens with zero attached hydrogens (tertiary/aromatic N) is 3. The third-order valence-corrected chi connectivity index (χ3v) is 5.67. The molecule has 2 amide bonds. The van der Waals surface area contributed by atoms with Crippen LogP contribution in [0.15, 0.2) is 54.6 Å². The third-order valence-electron chi connectivity index (χ3n) is 5.67. The number of carbonyl (C=O) groups excluding carboxylic acids is 2. The molecule has 0 bridgehead atoms. The molecule has 6 heteroatoms. The summed E-state index contributed by atoms with van der Waals surface area (Å²) >= 11 is 0. The van der Waals surface area contributed by atoms with Crippen LogP contribution in [0, 0.1) is 0 Å². The summed E-state index contributed by atoms with van der Waals surface area (Å²) in [5.41, 5.74) is 4.60. The Balaban J connectivity index is 1.32. The van der Waals surface area contributed by atoms with Gasteiger partial charge in [-0.15, -0.1) is 0 Å². The molecule has 1 aromatic heterocycles. The Morgan fingerprint density at radius 1 is 0.966 bits per heavy atom. The fourth-order valence-electron chi connectivity index (χ4n) is 4.09. The Morgan fingerprint density at radius 2 is 1.76 bits per heavy atom. The standard InChI is InChI=1S/C23H22N4O2/c28-21-7-4-13-27(21)18-10-8-17(9-11-18)23(29)26-14-12-19-20(15-26)25-22(24-19)16-5-2-1-3-6-16/h1-3,5-6,8-11H,4,7,12-15H2,(H,24,25). The lowest BCUT2D eigenvalue weighted by Crippen LogP contribution is -2.36. The number of hydrogen-bond acceptors (Lipinski definition) is 3. The van der Waals surface area contributed by atoms with Gasteiger partial charge in [-0.05, 0) is 30.7 Å². The zero-order valence-corrected chi connectivity index (χ0v) is 16.1. The largest absolute Gasteiger partial charge is 0.340 e. The Hall–Kier alpha value is -3.41. The van der Waals surface area contributed by atoms with E-state index in [9.17, 15) is 9.59 Å². The van der Waals surface area contributed by atoms with E-state index in [1.807, 2.05) is 59.5 Å². The summed E-state index contributed by atoms with van der Waals surface area (Å²) < 4.78 is 0. The topological polar surface area (TPSA) is 69.3 Å². The number of H-pyrrole nitrogens is 1. The summed E-state index contributed by atoms with van der Waals surface area (Å²) in [6, 6.07) is 17.4. The molecule has 0 spiro atoms. The van der Waals surface area contributed by atoms with E-state index < -0.39 is 0 Å². The van der Waals surface area contributed by atoms with E-state index >= 15 is 0 Å². The summed E-state index contributed by atoms with van der Waals surface area (Å²) in [7, 11) is 0. The molecule has 29 heavy (non-hydrogen) atoms. The SMILES string of the molecule is O=C(c1ccc(N2CCCC2=O)cc1)N1CCc2nc(-c3ccccc3)[nH]c2C1. The van der Waals surface area contributed by atoms with Gasteiger partial charge in [0, 0.05) is 42.7 Å². The minimum Gasteiger partial charge on any atom is -0.340 e. The number of nitrogens with one attached hydrogen (secondary N) is 1. The smallest absolute Gasteiger partial charge is 0.254 e. The first-order valence-corrected chi connectivity index (χ1v) is 10.0. The van der Waals surface area contributed by atoms with Gasteiger partial charge in [-0.3, -0.25) is 9.59 Å². The van der Waals surface area contributed by atoms with Crippen molar-refractivity contribution in [1.82, 2.24) is 14.9 Å². The summed E-state index contributed by atoms with van der Waals surface area (Å²) in [5, 5.41) is 0. The predicted molar refractivity (Wildman–Crippen MR) is 110 cm³/mol. The monoisotopic (exact) mass is 386 g/mol. The maximum absolute atomic E-state index is 13.0. The highest BCUT2D eigenvalue weighted by Gasteiger charge is 2.26. The molecule has 2 aliphatic rings. The predicted octanol–water partition coefficient (Wildman–Crippen LogP) is 3.40. The maximum atomic E-state index is 13.0. The fraction of sp³-hybridized carbons (Fsp3) is 0.261. The number of aromatic nitrogens is 2. The molecule has 2 aromatic carbocycles. The van der Waals surface area contributed by atoms with Crippen LogP contribution in [0.3, 0.4) is 0 Å². The van der Waals surface area contributed by atoms with Crippen molar-refractivity contribution in [1.29, 1.82) is 0 Å². The van der Waals surface area contributed by atoms with Crippen LogP contribution in [0.1, 0.15) is 34.6 Å². The Bertz CT molecular complexity index is 1060. The first-order chi connectivity index (χ1) is 14.2. The van der Waals surface area contributed by atoms with E-state index in [-0.39, 0.29) is 11.8 Å². The summed E-state index contributed by atoms with van der Waals surface area (Å²) in [6.07, 6.45) is 2.24. The zero-order valence-electron chi connectivity index (χ0n) is 16.1. The molecule has 1 N–H and O–H groups in total. The van der Waals surface area contributed by atoms with Crippen molar-refractivity contribution >= 4 is 17.5 Å². The van der Waals surface area contributed by atoms with Crippen LogP contribution in [0.4, 0.5) is 5.69 Å². The second-order valence-corrected chi connectivity index (χ2v) is 7.55. The number of imidazole rings is 1. The maximum Gasteiger partial charge on any atom is 0.254 e. The van der Waals surface area contributed by atoms with Gasteiger partial charge in [0.25, 0.3) is 5.91 Å². The summed E-state index contributed by atoms with van der Waals surface area (Å²) in [6.45, 7) is 1.93. The number of fused-ring (bicyclic) bond motifs is 1. The molecule has 1 saturated heterocycles.